The van der Waals surface area contributed by atoms with Gasteiger partial charge in [-0.3, -0.25) is 0 Å². The summed E-state index contributed by atoms with van der Waals surface area (Å²) in [6.45, 7) is 2.11. The van der Waals surface area contributed by atoms with Gasteiger partial charge in [-0.2, -0.15) is 5.26 Å². The number of aryl methyl sites for hydroxylation is 1. The number of benzene rings is 2. The number of halogens is 1. The van der Waals surface area contributed by atoms with Crippen molar-refractivity contribution >= 4 is 23.4 Å². The number of nitrogens with zero attached hydrogens (tertiary/aromatic N) is 1. The molecule has 0 atom stereocenters. The average molecular weight is 274 g/mol. The minimum absolute atomic E-state index is 0.673. The lowest BCUT2D eigenvalue weighted by Gasteiger charge is -2.06. The molecule has 18 heavy (non-hydrogen) atoms. The number of hydrogen-bond acceptors (Lipinski definition) is 2. The first kappa shape index (κ1) is 13.0. The van der Waals surface area contributed by atoms with Crippen LogP contribution in [0.15, 0.2) is 52.3 Å². The highest BCUT2D eigenvalue weighted by Gasteiger charge is 2.04. The predicted molar refractivity (Wildman–Crippen MR) is 76.1 cm³/mol. The molecule has 2 rings (SSSR count). The Morgan fingerprint density at radius 2 is 1.89 bits per heavy atom. The fourth-order valence-electron chi connectivity index (χ4n) is 1.57. The quantitative estimate of drug-likeness (QED) is 0.792. The van der Waals surface area contributed by atoms with Crippen LogP contribution in [-0.4, -0.2) is 0 Å². The number of nitriles is 1. The molecule has 0 heterocycles. The fourth-order valence-corrected chi connectivity index (χ4v) is 2.71. The van der Waals surface area contributed by atoms with E-state index in [1.54, 1.807) is 11.8 Å². The van der Waals surface area contributed by atoms with Crippen molar-refractivity contribution in [1.29, 1.82) is 5.26 Å². The average Bonchev–Trinajstić information content (AvgIpc) is 2.42. The molecule has 0 aliphatic carbocycles. The Kier molecular flexibility index (Phi) is 4.30. The molecule has 0 radical (unpaired) electrons. The maximum absolute atomic E-state index is 8.74. The second-order valence-electron chi connectivity index (χ2n) is 3.86. The highest BCUT2D eigenvalue weighted by Crippen LogP contribution is 2.33. The van der Waals surface area contributed by atoms with Gasteiger partial charge in [-0.15, -0.1) is 0 Å². The first-order chi connectivity index (χ1) is 8.72. The van der Waals surface area contributed by atoms with E-state index in [0.717, 1.165) is 21.2 Å². The van der Waals surface area contributed by atoms with Crippen LogP contribution in [0.3, 0.4) is 0 Å². The molecule has 2 aromatic rings. The summed E-state index contributed by atoms with van der Waals surface area (Å²) in [5.41, 5.74) is 1.91. The monoisotopic (exact) mass is 273 g/mol. The van der Waals surface area contributed by atoms with Gasteiger partial charge in [0.25, 0.3) is 0 Å². The van der Waals surface area contributed by atoms with Gasteiger partial charge in [0, 0.05) is 9.79 Å². The molecule has 0 fully saturated rings. The van der Waals surface area contributed by atoms with E-state index in [1.807, 2.05) is 36.4 Å². The Bertz CT molecular complexity index is 584. The SMILES string of the molecule is CCc1ccc(Sc2ccc(C#N)cc2)c(Cl)c1. The maximum Gasteiger partial charge on any atom is 0.0991 e. The topological polar surface area (TPSA) is 23.8 Å². The zero-order valence-corrected chi connectivity index (χ0v) is 11.6. The summed E-state index contributed by atoms with van der Waals surface area (Å²) in [5.74, 6) is 0. The summed E-state index contributed by atoms with van der Waals surface area (Å²) in [7, 11) is 0. The molecule has 1 nitrogen and oxygen atoms in total. The van der Waals surface area contributed by atoms with Gasteiger partial charge in [-0.05, 0) is 48.4 Å². The van der Waals surface area contributed by atoms with E-state index in [-0.39, 0.29) is 0 Å². The Morgan fingerprint density at radius 1 is 1.17 bits per heavy atom. The second-order valence-corrected chi connectivity index (χ2v) is 5.38. The van der Waals surface area contributed by atoms with Crippen molar-refractivity contribution in [2.45, 2.75) is 23.1 Å². The lowest BCUT2D eigenvalue weighted by atomic mass is 10.2. The van der Waals surface area contributed by atoms with Gasteiger partial charge in [-0.1, -0.05) is 36.4 Å². The van der Waals surface area contributed by atoms with Gasteiger partial charge >= 0.3 is 0 Å². The van der Waals surface area contributed by atoms with E-state index < -0.39 is 0 Å². The van der Waals surface area contributed by atoms with Crippen LogP contribution >= 0.6 is 23.4 Å². The van der Waals surface area contributed by atoms with Gasteiger partial charge in [0.2, 0.25) is 0 Å². The van der Waals surface area contributed by atoms with Gasteiger partial charge in [0.05, 0.1) is 16.7 Å². The third-order valence-corrected chi connectivity index (χ3v) is 4.12. The van der Waals surface area contributed by atoms with Gasteiger partial charge < -0.3 is 0 Å². The molecule has 0 saturated carbocycles. The van der Waals surface area contributed by atoms with Crippen LogP contribution in [0, 0.1) is 11.3 Å². The van der Waals surface area contributed by atoms with Gasteiger partial charge in [-0.25, -0.2) is 0 Å². The van der Waals surface area contributed by atoms with Crippen molar-refractivity contribution in [2.75, 3.05) is 0 Å². The molecule has 0 unspecified atom stereocenters. The van der Waals surface area contributed by atoms with E-state index in [1.165, 1.54) is 5.56 Å². The molecule has 0 N–H and O–H groups in total. The van der Waals surface area contributed by atoms with Crippen LogP contribution in [0.2, 0.25) is 5.02 Å². The highest BCUT2D eigenvalue weighted by molar-refractivity contribution is 7.99. The summed E-state index contributed by atoms with van der Waals surface area (Å²) in [6, 6.07) is 15.8. The summed E-state index contributed by atoms with van der Waals surface area (Å²) in [4.78, 5) is 2.12. The molecular formula is C15H12ClNS. The van der Waals surface area contributed by atoms with E-state index in [9.17, 15) is 0 Å². The molecule has 2 aromatic carbocycles. The molecule has 0 aliphatic heterocycles. The first-order valence-electron chi connectivity index (χ1n) is 5.69. The summed E-state index contributed by atoms with van der Waals surface area (Å²) in [5, 5.41) is 9.52. The molecule has 0 bridgehead atoms. The molecule has 90 valence electrons. The third-order valence-electron chi connectivity index (χ3n) is 2.62. The van der Waals surface area contributed by atoms with E-state index in [2.05, 4.69) is 19.1 Å². The normalized spacial score (nSPS) is 10.1. The molecule has 0 aliphatic rings. The van der Waals surface area contributed by atoms with Crippen LogP contribution in [0.4, 0.5) is 0 Å². The van der Waals surface area contributed by atoms with E-state index in [4.69, 9.17) is 16.9 Å². The van der Waals surface area contributed by atoms with Crippen molar-refractivity contribution in [1.82, 2.24) is 0 Å². The first-order valence-corrected chi connectivity index (χ1v) is 6.89. The Morgan fingerprint density at radius 3 is 2.44 bits per heavy atom. The lowest BCUT2D eigenvalue weighted by molar-refractivity contribution is 1.13. The molecule has 0 spiro atoms. The fraction of sp³-hybridized carbons (Fsp3) is 0.133. The van der Waals surface area contributed by atoms with Crippen molar-refractivity contribution in [3.8, 4) is 6.07 Å². The standard InChI is InChI=1S/C15H12ClNS/c1-2-11-5-8-15(14(16)9-11)18-13-6-3-12(10-17)4-7-13/h3-9H,2H2,1H3. The van der Waals surface area contributed by atoms with Crippen molar-refractivity contribution in [3.05, 3.63) is 58.6 Å². The molecule has 0 aromatic heterocycles. The van der Waals surface area contributed by atoms with Crippen LogP contribution in [0.1, 0.15) is 18.1 Å². The van der Waals surface area contributed by atoms with Crippen molar-refractivity contribution in [3.63, 3.8) is 0 Å². The minimum Gasteiger partial charge on any atom is -0.192 e. The molecular weight excluding hydrogens is 262 g/mol. The molecule has 3 heteroatoms. The second kappa shape index (κ2) is 5.95. The summed E-state index contributed by atoms with van der Waals surface area (Å²) >= 11 is 7.85. The van der Waals surface area contributed by atoms with Gasteiger partial charge in [0.15, 0.2) is 0 Å². The van der Waals surface area contributed by atoms with Crippen LogP contribution in [0.25, 0.3) is 0 Å². The van der Waals surface area contributed by atoms with Crippen LogP contribution in [0.5, 0.6) is 0 Å². The smallest absolute Gasteiger partial charge is 0.0991 e. The predicted octanol–water partition coefficient (Wildman–Crippen LogP) is 4.93. The number of rotatable bonds is 3. The largest absolute Gasteiger partial charge is 0.192 e. The van der Waals surface area contributed by atoms with E-state index in [0.29, 0.717) is 5.56 Å². The maximum atomic E-state index is 8.74. The highest BCUT2D eigenvalue weighted by atomic mass is 35.5. The summed E-state index contributed by atoms with van der Waals surface area (Å²) < 4.78 is 0. The Balaban J connectivity index is 2.20. The molecule has 0 saturated heterocycles. The van der Waals surface area contributed by atoms with Crippen molar-refractivity contribution < 1.29 is 0 Å². The van der Waals surface area contributed by atoms with Crippen molar-refractivity contribution in [2.24, 2.45) is 0 Å². The Hall–Kier alpha value is -1.43. The zero-order valence-electron chi connectivity index (χ0n) is 9.98. The molecule has 0 amide bonds. The zero-order chi connectivity index (χ0) is 13.0. The number of hydrogen-bond donors (Lipinski definition) is 0. The third kappa shape index (κ3) is 3.07. The minimum atomic E-state index is 0.673. The Labute approximate surface area is 116 Å². The van der Waals surface area contributed by atoms with Gasteiger partial charge in [0.1, 0.15) is 0 Å². The summed E-state index contributed by atoms with van der Waals surface area (Å²) in [6.07, 6.45) is 0.988. The lowest BCUT2D eigenvalue weighted by Crippen LogP contribution is -1.82. The van der Waals surface area contributed by atoms with Crippen LogP contribution in [-0.2, 0) is 6.42 Å². The van der Waals surface area contributed by atoms with Crippen LogP contribution < -0.4 is 0 Å². The van der Waals surface area contributed by atoms with E-state index >= 15 is 0 Å².